The number of rotatable bonds is 3. The Morgan fingerprint density at radius 1 is 1.14 bits per heavy atom. The Morgan fingerprint density at radius 2 is 2.00 bits per heavy atom. The Bertz CT molecular complexity index is 789. The second kappa shape index (κ2) is 5.80. The van der Waals surface area contributed by atoms with Gasteiger partial charge in [0, 0.05) is 17.6 Å². The smallest absolute Gasteiger partial charge is 0.142 e. The molecule has 3 aromatic rings. The number of pyridine rings is 1. The average Bonchev–Trinajstić information content (AvgIpc) is 2.51. The van der Waals surface area contributed by atoms with Crippen molar-refractivity contribution in [3.05, 3.63) is 76.7 Å². The number of hydrogen-bond acceptors (Lipinski definition) is 2. The topological polar surface area (TPSA) is 38.9 Å². The molecule has 0 fully saturated rings. The summed E-state index contributed by atoms with van der Waals surface area (Å²) in [5, 5.41) is 1.19. The van der Waals surface area contributed by atoms with Crippen molar-refractivity contribution in [2.24, 2.45) is 5.73 Å². The predicted molar refractivity (Wildman–Crippen MR) is 83.8 cm³/mol. The summed E-state index contributed by atoms with van der Waals surface area (Å²) in [6, 6.07) is 14.3. The van der Waals surface area contributed by atoms with Gasteiger partial charge in [0.1, 0.15) is 5.82 Å². The van der Waals surface area contributed by atoms with Crippen LogP contribution >= 0.6 is 11.6 Å². The average molecular weight is 301 g/mol. The van der Waals surface area contributed by atoms with Crippen LogP contribution in [0.25, 0.3) is 10.9 Å². The zero-order valence-corrected chi connectivity index (χ0v) is 12.0. The first-order valence-corrected chi connectivity index (χ1v) is 7.06. The van der Waals surface area contributed by atoms with E-state index >= 15 is 0 Å². The lowest BCUT2D eigenvalue weighted by molar-refractivity contribution is 0.622. The van der Waals surface area contributed by atoms with Crippen molar-refractivity contribution in [2.45, 2.75) is 12.5 Å². The van der Waals surface area contributed by atoms with Crippen molar-refractivity contribution in [3.8, 4) is 0 Å². The van der Waals surface area contributed by atoms with E-state index in [1.807, 2.05) is 30.3 Å². The highest BCUT2D eigenvalue weighted by Crippen LogP contribution is 2.25. The third kappa shape index (κ3) is 2.89. The Kier molecular flexibility index (Phi) is 3.86. The van der Waals surface area contributed by atoms with Crippen molar-refractivity contribution >= 4 is 22.5 Å². The summed E-state index contributed by atoms with van der Waals surface area (Å²) in [5.74, 6) is -0.413. The molecule has 0 amide bonds. The van der Waals surface area contributed by atoms with Gasteiger partial charge in [0.25, 0.3) is 0 Å². The largest absolute Gasteiger partial charge is 0.324 e. The van der Waals surface area contributed by atoms with E-state index in [0.717, 1.165) is 22.0 Å². The number of hydrogen-bond donors (Lipinski definition) is 1. The molecule has 0 spiro atoms. The first kappa shape index (κ1) is 14.0. The van der Waals surface area contributed by atoms with E-state index < -0.39 is 5.82 Å². The molecule has 2 aromatic carbocycles. The van der Waals surface area contributed by atoms with Gasteiger partial charge in [-0.05, 0) is 41.8 Å². The second-order valence-corrected chi connectivity index (χ2v) is 5.36. The number of aromatic nitrogens is 1. The third-order valence-corrected chi connectivity index (χ3v) is 3.95. The van der Waals surface area contributed by atoms with Crippen molar-refractivity contribution in [3.63, 3.8) is 0 Å². The van der Waals surface area contributed by atoms with Crippen molar-refractivity contribution < 1.29 is 4.39 Å². The van der Waals surface area contributed by atoms with E-state index in [1.165, 1.54) is 6.07 Å². The maximum Gasteiger partial charge on any atom is 0.142 e. The van der Waals surface area contributed by atoms with Crippen LogP contribution in [0.3, 0.4) is 0 Å². The minimum Gasteiger partial charge on any atom is -0.324 e. The van der Waals surface area contributed by atoms with Gasteiger partial charge in [-0.2, -0.15) is 0 Å². The molecule has 0 bridgehead atoms. The fraction of sp³-hybridized carbons (Fsp3) is 0.118. The van der Waals surface area contributed by atoms with Gasteiger partial charge in [0.2, 0.25) is 0 Å². The lowest BCUT2D eigenvalue weighted by atomic mass is 9.98. The molecule has 0 saturated carbocycles. The molecule has 0 radical (unpaired) electrons. The minimum absolute atomic E-state index is 0.149. The summed E-state index contributed by atoms with van der Waals surface area (Å²) in [7, 11) is 0. The lowest BCUT2D eigenvalue weighted by Gasteiger charge is -2.14. The summed E-state index contributed by atoms with van der Waals surface area (Å²) < 4.78 is 13.5. The van der Waals surface area contributed by atoms with Crippen molar-refractivity contribution in [1.82, 2.24) is 4.98 Å². The van der Waals surface area contributed by atoms with Gasteiger partial charge in [0.05, 0.1) is 10.5 Å². The first-order chi connectivity index (χ1) is 10.1. The monoisotopic (exact) mass is 300 g/mol. The van der Waals surface area contributed by atoms with Gasteiger partial charge in [0.15, 0.2) is 0 Å². The highest BCUT2D eigenvalue weighted by atomic mass is 35.5. The second-order valence-electron chi connectivity index (χ2n) is 4.98. The molecule has 1 aromatic heterocycles. The number of halogens is 2. The van der Waals surface area contributed by atoms with Crippen LogP contribution in [-0.4, -0.2) is 4.98 Å². The standard InChI is InChI=1S/C17H14ClFN2/c18-17-13(3-1-5-14(17)19)10-15(20)11-6-7-16-12(9-11)4-2-8-21-16/h1-9,15H,10,20H2. The molecule has 2 N–H and O–H groups in total. The quantitative estimate of drug-likeness (QED) is 0.784. The molecule has 1 unspecified atom stereocenters. The molecule has 0 aliphatic carbocycles. The number of nitrogens with zero attached hydrogens (tertiary/aromatic N) is 1. The number of nitrogens with two attached hydrogens (primary N) is 1. The Labute approximate surface area is 127 Å². The van der Waals surface area contributed by atoms with Gasteiger partial charge in [-0.15, -0.1) is 0 Å². The fourth-order valence-corrected chi connectivity index (χ4v) is 2.59. The summed E-state index contributed by atoms with van der Waals surface area (Å²) in [4.78, 5) is 4.28. The molecule has 3 rings (SSSR count). The Morgan fingerprint density at radius 3 is 2.86 bits per heavy atom. The number of benzene rings is 2. The molecule has 0 aliphatic heterocycles. The van der Waals surface area contributed by atoms with Crippen LogP contribution < -0.4 is 5.73 Å². The van der Waals surface area contributed by atoms with Crippen LogP contribution in [0.5, 0.6) is 0 Å². The van der Waals surface area contributed by atoms with E-state index in [2.05, 4.69) is 4.98 Å². The van der Waals surface area contributed by atoms with E-state index in [4.69, 9.17) is 17.3 Å². The predicted octanol–water partition coefficient (Wildman–Crippen LogP) is 4.27. The molecule has 2 nitrogen and oxygen atoms in total. The molecular formula is C17H14ClFN2. The van der Waals surface area contributed by atoms with Gasteiger partial charge < -0.3 is 5.73 Å². The summed E-state index contributed by atoms with van der Waals surface area (Å²) in [6.45, 7) is 0. The van der Waals surface area contributed by atoms with Gasteiger partial charge in [-0.3, -0.25) is 4.98 Å². The molecule has 1 atom stereocenters. The first-order valence-electron chi connectivity index (χ1n) is 6.68. The van der Waals surface area contributed by atoms with E-state index in [0.29, 0.717) is 6.42 Å². The van der Waals surface area contributed by atoms with E-state index in [1.54, 1.807) is 18.3 Å². The summed E-state index contributed by atoms with van der Waals surface area (Å²) in [6.07, 6.45) is 2.25. The van der Waals surface area contributed by atoms with E-state index in [-0.39, 0.29) is 11.1 Å². The van der Waals surface area contributed by atoms with Crippen LogP contribution in [0, 0.1) is 5.82 Å². The maximum atomic E-state index is 13.5. The third-order valence-electron chi connectivity index (χ3n) is 3.53. The lowest BCUT2D eigenvalue weighted by Crippen LogP contribution is -2.13. The highest BCUT2D eigenvalue weighted by molar-refractivity contribution is 6.31. The van der Waals surface area contributed by atoms with E-state index in [9.17, 15) is 4.39 Å². The van der Waals surface area contributed by atoms with Crippen molar-refractivity contribution in [1.29, 1.82) is 0 Å². The minimum atomic E-state index is -0.413. The van der Waals surface area contributed by atoms with Crippen LogP contribution in [0.2, 0.25) is 5.02 Å². The summed E-state index contributed by atoms with van der Waals surface area (Å²) in [5.41, 5.74) is 8.86. The zero-order valence-electron chi connectivity index (χ0n) is 11.3. The SMILES string of the molecule is NC(Cc1cccc(F)c1Cl)c1ccc2ncccc2c1. The molecule has 0 saturated heterocycles. The molecule has 106 valence electrons. The normalized spacial score (nSPS) is 12.5. The Balaban J connectivity index is 1.89. The fourth-order valence-electron chi connectivity index (χ4n) is 2.39. The van der Waals surface area contributed by atoms with Gasteiger partial charge in [-0.25, -0.2) is 4.39 Å². The number of fused-ring (bicyclic) bond motifs is 1. The van der Waals surface area contributed by atoms with Crippen LogP contribution in [0.4, 0.5) is 4.39 Å². The molecule has 1 heterocycles. The van der Waals surface area contributed by atoms with Crippen LogP contribution in [0.15, 0.2) is 54.7 Å². The summed E-state index contributed by atoms with van der Waals surface area (Å²) >= 11 is 5.98. The Hall–Kier alpha value is -1.97. The molecule has 4 heteroatoms. The van der Waals surface area contributed by atoms with Gasteiger partial charge in [-0.1, -0.05) is 35.9 Å². The molecule has 21 heavy (non-hydrogen) atoms. The maximum absolute atomic E-state index is 13.5. The molecule has 0 aliphatic rings. The highest BCUT2D eigenvalue weighted by Gasteiger charge is 2.12. The van der Waals surface area contributed by atoms with Crippen molar-refractivity contribution in [2.75, 3.05) is 0 Å². The molecular weight excluding hydrogens is 287 g/mol. The van der Waals surface area contributed by atoms with Gasteiger partial charge >= 0.3 is 0 Å². The zero-order chi connectivity index (χ0) is 14.8. The van der Waals surface area contributed by atoms with Crippen LogP contribution in [0.1, 0.15) is 17.2 Å². The van der Waals surface area contributed by atoms with Crippen LogP contribution in [-0.2, 0) is 6.42 Å².